The summed E-state index contributed by atoms with van der Waals surface area (Å²) < 4.78 is 0. The molecule has 0 aromatic heterocycles. The zero-order valence-electron chi connectivity index (χ0n) is 22.9. The Morgan fingerprint density at radius 3 is 0.500 bits per heavy atom. The van der Waals surface area contributed by atoms with Gasteiger partial charge < -0.3 is 0 Å². The van der Waals surface area contributed by atoms with Crippen LogP contribution in [0.15, 0.2) is 182 Å². The van der Waals surface area contributed by atoms with Crippen molar-refractivity contribution < 1.29 is 15.1 Å². The minimum atomic E-state index is -0.346. The zero-order chi connectivity index (χ0) is 29.5. The maximum Gasteiger partial charge on any atom is -0.0226 e. The molecule has 0 saturated heterocycles. The minimum absolute atomic E-state index is 0.346. The van der Waals surface area contributed by atoms with Gasteiger partial charge >= 0.3 is 34.5 Å². The minimum Gasteiger partial charge on any atom is -0.0622 e. The van der Waals surface area contributed by atoms with E-state index in [-0.39, 0.29) is 15.1 Å². The topological polar surface area (TPSA) is 0 Å². The third-order valence-electron chi connectivity index (χ3n) is 5.51. The monoisotopic (exact) mass is 730 g/mol. The van der Waals surface area contributed by atoms with Crippen molar-refractivity contribution in [2.24, 2.45) is 0 Å². The fourth-order valence-corrected chi connectivity index (χ4v) is 6.78. The zero-order valence-corrected chi connectivity index (χ0v) is 29.2. The molecule has 0 heterocycles. The molecule has 0 fully saturated rings. The summed E-state index contributed by atoms with van der Waals surface area (Å²) in [5.74, 6) is 0. The van der Waals surface area contributed by atoms with E-state index in [2.05, 4.69) is 182 Å². The van der Waals surface area contributed by atoms with Crippen molar-refractivity contribution in [2.75, 3.05) is 0 Å². The molecular formula is C36H33Cl2P3Ru. The number of halogens is 2. The van der Waals surface area contributed by atoms with Crippen molar-refractivity contribution in [3.8, 4) is 0 Å². The van der Waals surface area contributed by atoms with Crippen LogP contribution < -0.4 is 31.8 Å². The first-order valence-electron chi connectivity index (χ1n) is 13.2. The van der Waals surface area contributed by atoms with Crippen molar-refractivity contribution in [3.63, 3.8) is 0 Å². The van der Waals surface area contributed by atoms with Gasteiger partial charge in [-0.1, -0.05) is 208 Å². The van der Waals surface area contributed by atoms with Gasteiger partial charge in [0.2, 0.25) is 0 Å². The Balaban J connectivity index is 0.000000165. The molecule has 0 aliphatic heterocycles. The second-order valence-corrected chi connectivity index (χ2v) is 15.5. The third kappa shape index (κ3) is 15.3. The fourth-order valence-electron chi connectivity index (χ4n) is 3.63. The van der Waals surface area contributed by atoms with Crippen LogP contribution in [0.25, 0.3) is 0 Å². The molecule has 0 saturated carbocycles. The molecule has 0 radical (unpaired) electrons. The van der Waals surface area contributed by atoms with Gasteiger partial charge in [0, 0.05) is 0 Å². The summed E-state index contributed by atoms with van der Waals surface area (Å²) in [6.07, 6.45) is 0. The Labute approximate surface area is 272 Å². The molecule has 214 valence electrons. The fraction of sp³-hybridized carbons (Fsp3) is 0. The molecule has 0 N–H and O–H groups in total. The molecule has 42 heavy (non-hydrogen) atoms. The summed E-state index contributed by atoms with van der Waals surface area (Å²) in [7, 11) is 12.0. The maximum atomic E-state index is 4.85. The number of hydrogen-bond donors (Lipinski definition) is 0. The molecule has 0 spiro atoms. The van der Waals surface area contributed by atoms with Crippen LogP contribution in [0.5, 0.6) is 0 Å². The largest absolute Gasteiger partial charge is 0.0622 e. The SMILES string of the molecule is [Cl][Ru][Cl].c1ccc(Pc2ccccc2)cc1.c1ccc(Pc2ccccc2)cc1.c1ccc(Pc2ccccc2)cc1. The first-order valence-corrected chi connectivity index (χ1v) is 20.7. The summed E-state index contributed by atoms with van der Waals surface area (Å²) in [4.78, 5) is 0. The predicted octanol–water partition coefficient (Wildman–Crippen LogP) is 8.32. The molecular weight excluding hydrogens is 697 g/mol. The summed E-state index contributed by atoms with van der Waals surface area (Å²) in [5.41, 5.74) is 0. The smallest absolute Gasteiger partial charge is 0.0226 e. The van der Waals surface area contributed by atoms with E-state index in [0.717, 1.165) is 25.7 Å². The molecule has 6 rings (SSSR count). The van der Waals surface area contributed by atoms with Gasteiger partial charge in [-0.2, -0.15) is 0 Å². The van der Waals surface area contributed by atoms with E-state index in [4.69, 9.17) is 19.4 Å². The Hall–Kier alpha value is -2.19. The van der Waals surface area contributed by atoms with Crippen molar-refractivity contribution in [1.29, 1.82) is 0 Å². The molecule has 0 aliphatic carbocycles. The maximum absolute atomic E-state index is 4.85. The number of rotatable bonds is 6. The quantitative estimate of drug-likeness (QED) is 0.120. The number of hydrogen-bond acceptors (Lipinski definition) is 0. The van der Waals surface area contributed by atoms with E-state index in [0.29, 0.717) is 0 Å². The molecule has 0 aliphatic rings. The van der Waals surface area contributed by atoms with E-state index in [1.54, 1.807) is 0 Å². The van der Waals surface area contributed by atoms with Crippen LogP contribution >= 0.6 is 45.1 Å². The number of benzene rings is 6. The summed E-state index contributed by atoms with van der Waals surface area (Å²) in [6, 6.07) is 63.5. The van der Waals surface area contributed by atoms with Crippen molar-refractivity contribution >= 4 is 77.0 Å². The molecule has 0 atom stereocenters. The molecule has 0 nitrogen and oxygen atoms in total. The molecule has 0 unspecified atom stereocenters. The van der Waals surface area contributed by atoms with E-state index in [1.165, 1.54) is 31.8 Å². The molecule has 0 bridgehead atoms. The van der Waals surface area contributed by atoms with Crippen LogP contribution in [0.4, 0.5) is 0 Å². The van der Waals surface area contributed by atoms with Gasteiger partial charge in [-0.15, -0.1) is 0 Å². The van der Waals surface area contributed by atoms with Gasteiger partial charge in [0.25, 0.3) is 0 Å². The van der Waals surface area contributed by atoms with E-state index >= 15 is 0 Å². The van der Waals surface area contributed by atoms with E-state index in [9.17, 15) is 0 Å². The van der Waals surface area contributed by atoms with Crippen LogP contribution in [0.1, 0.15) is 0 Å². The van der Waals surface area contributed by atoms with Gasteiger partial charge in [0.05, 0.1) is 0 Å². The second kappa shape index (κ2) is 22.4. The summed E-state index contributed by atoms with van der Waals surface area (Å²) in [6.45, 7) is 0. The van der Waals surface area contributed by atoms with Crippen molar-refractivity contribution in [3.05, 3.63) is 182 Å². The van der Waals surface area contributed by atoms with E-state index < -0.39 is 0 Å². The average molecular weight is 731 g/mol. The third-order valence-corrected chi connectivity index (χ3v) is 9.24. The Kier molecular flexibility index (Phi) is 18.3. The molecule has 6 heteroatoms. The van der Waals surface area contributed by atoms with E-state index in [1.807, 2.05) is 0 Å². The van der Waals surface area contributed by atoms with Gasteiger partial charge in [-0.25, -0.2) is 0 Å². The molecule has 6 aromatic carbocycles. The molecule has 6 aromatic rings. The Bertz CT molecular complexity index is 1170. The van der Waals surface area contributed by atoms with Gasteiger partial charge in [-0.3, -0.25) is 0 Å². The predicted molar refractivity (Wildman–Crippen MR) is 193 cm³/mol. The normalized spacial score (nSPS) is 9.67. The summed E-state index contributed by atoms with van der Waals surface area (Å²) >= 11 is -0.346. The van der Waals surface area contributed by atoms with Gasteiger partial charge in [-0.05, 0) is 31.8 Å². The Morgan fingerprint density at radius 2 is 0.381 bits per heavy atom. The first kappa shape index (κ1) is 34.3. The molecule has 0 amide bonds. The van der Waals surface area contributed by atoms with Crippen LogP contribution in [-0.4, -0.2) is 0 Å². The van der Waals surface area contributed by atoms with Crippen LogP contribution in [0.2, 0.25) is 0 Å². The standard InChI is InChI=1S/3C12H11P.2ClH.Ru/c3*1-3-7-11(8-4-1)13-12-9-5-2-6-10-12;;;/h3*1-10,13H;2*1H;/q;;;;;+2/p-2. The van der Waals surface area contributed by atoms with Crippen LogP contribution in [0.3, 0.4) is 0 Å². The van der Waals surface area contributed by atoms with Gasteiger partial charge in [0.1, 0.15) is 0 Å². The van der Waals surface area contributed by atoms with Crippen LogP contribution in [0, 0.1) is 0 Å². The summed E-state index contributed by atoms with van der Waals surface area (Å²) in [5, 5.41) is 8.38. The average Bonchev–Trinajstić information content (AvgIpc) is 3.05. The second-order valence-electron chi connectivity index (χ2n) is 8.62. The van der Waals surface area contributed by atoms with Crippen molar-refractivity contribution in [2.45, 2.75) is 0 Å². The Morgan fingerprint density at radius 1 is 0.262 bits per heavy atom. The van der Waals surface area contributed by atoms with Gasteiger partial charge in [0.15, 0.2) is 0 Å². The van der Waals surface area contributed by atoms with Crippen molar-refractivity contribution in [1.82, 2.24) is 0 Å². The first-order chi connectivity index (χ1) is 20.8. The van der Waals surface area contributed by atoms with Crippen LogP contribution in [-0.2, 0) is 15.1 Å².